The highest BCUT2D eigenvalue weighted by molar-refractivity contribution is 6.30. The Kier molecular flexibility index (Phi) is 6.14. The summed E-state index contributed by atoms with van der Waals surface area (Å²) in [5.74, 6) is 0.808. The predicted molar refractivity (Wildman–Crippen MR) is 103 cm³/mol. The summed E-state index contributed by atoms with van der Waals surface area (Å²) in [6.07, 6.45) is 4.42. The van der Waals surface area contributed by atoms with Crippen LogP contribution >= 0.6 is 11.6 Å². The van der Waals surface area contributed by atoms with Crippen molar-refractivity contribution >= 4 is 17.2 Å². The third-order valence-electron chi connectivity index (χ3n) is 4.73. The van der Waals surface area contributed by atoms with Crippen LogP contribution in [-0.2, 0) is 0 Å². The van der Waals surface area contributed by atoms with Gasteiger partial charge in [-0.1, -0.05) is 41.9 Å². The van der Waals surface area contributed by atoms with Crippen LogP contribution < -0.4 is 10.1 Å². The first-order valence-electron chi connectivity index (χ1n) is 8.66. The second-order valence-electron chi connectivity index (χ2n) is 6.41. The van der Waals surface area contributed by atoms with Gasteiger partial charge in [0.2, 0.25) is 0 Å². The molecule has 0 aromatic heterocycles. The zero-order valence-corrected chi connectivity index (χ0v) is 15.2. The highest BCUT2D eigenvalue weighted by atomic mass is 35.5. The molecular formula is C21H24ClNO2. The molecule has 2 N–H and O–H groups in total. The molecule has 3 nitrogen and oxygen atoms in total. The smallest absolute Gasteiger partial charge is 0.118 e. The second-order valence-corrected chi connectivity index (χ2v) is 6.85. The number of hydrogen-bond donors (Lipinski definition) is 2. The summed E-state index contributed by atoms with van der Waals surface area (Å²) in [7, 11) is 1.64. The van der Waals surface area contributed by atoms with Crippen LogP contribution in [-0.4, -0.2) is 24.8 Å². The van der Waals surface area contributed by atoms with Crippen LogP contribution in [0.4, 0.5) is 0 Å². The third kappa shape index (κ3) is 4.85. The van der Waals surface area contributed by atoms with Gasteiger partial charge in [-0.15, -0.1) is 0 Å². The van der Waals surface area contributed by atoms with Crippen molar-refractivity contribution in [3.05, 3.63) is 70.8 Å². The molecule has 25 heavy (non-hydrogen) atoms. The Balaban J connectivity index is 1.54. The van der Waals surface area contributed by atoms with E-state index in [4.69, 9.17) is 16.3 Å². The van der Waals surface area contributed by atoms with Crippen molar-refractivity contribution in [1.82, 2.24) is 5.32 Å². The first-order valence-corrected chi connectivity index (χ1v) is 9.04. The SMILES string of the molecule is COc1ccc(C(O)CCC2CC(c3ccc(Cl)cc3)=CCN2)cc1. The number of rotatable bonds is 6. The Morgan fingerprint density at radius 2 is 1.88 bits per heavy atom. The zero-order chi connectivity index (χ0) is 17.6. The van der Waals surface area contributed by atoms with Gasteiger partial charge in [-0.05, 0) is 60.2 Å². The van der Waals surface area contributed by atoms with E-state index in [9.17, 15) is 5.11 Å². The number of aliphatic hydroxyl groups is 1. The monoisotopic (exact) mass is 357 g/mol. The summed E-state index contributed by atoms with van der Waals surface area (Å²) in [5, 5.41) is 14.7. The summed E-state index contributed by atoms with van der Waals surface area (Å²) in [5.41, 5.74) is 3.51. The van der Waals surface area contributed by atoms with E-state index < -0.39 is 6.10 Å². The molecule has 1 aliphatic rings. The molecule has 3 rings (SSSR count). The fraction of sp³-hybridized carbons (Fsp3) is 0.333. The van der Waals surface area contributed by atoms with Crippen LogP contribution in [0.5, 0.6) is 5.75 Å². The molecule has 2 aromatic carbocycles. The molecule has 0 amide bonds. The summed E-state index contributed by atoms with van der Waals surface area (Å²) in [6.45, 7) is 0.862. The van der Waals surface area contributed by atoms with Crippen molar-refractivity contribution in [3.8, 4) is 5.75 Å². The third-order valence-corrected chi connectivity index (χ3v) is 4.98. The van der Waals surface area contributed by atoms with E-state index in [0.717, 1.165) is 42.1 Å². The largest absolute Gasteiger partial charge is 0.497 e. The van der Waals surface area contributed by atoms with E-state index in [2.05, 4.69) is 23.5 Å². The predicted octanol–water partition coefficient (Wildman–Crippen LogP) is 4.61. The lowest BCUT2D eigenvalue weighted by atomic mass is 9.91. The Hall–Kier alpha value is -1.81. The van der Waals surface area contributed by atoms with Crippen molar-refractivity contribution in [3.63, 3.8) is 0 Å². The molecule has 0 radical (unpaired) electrons. The van der Waals surface area contributed by atoms with Crippen molar-refractivity contribution in [2.24, 2.45) is 0 Å². The van der Waals surface area contributed by atoms with E-state index in [0.29, 0.717) is 6.04 Å². The summed E-state index contributed by atoms with van der Waals surface area (Å²) in [4.78, 5) is 0. The molecule has 4 heteroatoms. The van der Waals surface area contributed by atoms with Crippen molar-refractivity contribution < 1.29 is 9.84 Å². The Labute approximate surface area is 154 Å². The number of hydrogen-bond acceptors (Lipinski definition) is 3. The molecule has 0 aliphatic carbocycles. The Morgan fingerprint density at radius 1 is 1.16 bits per heavy atom. The summed E-state index contributed by atoms with van der Waals surface area (Å²) >= 11 is 5.97. The van der Waals surface area contributed by atoms with Gasteiger partial charge in [0, 0.05) is 17.6 Å². The van der Waals surface area contributed by atoms with Crippen LogP contribution in [0.3, 0.4) is 0 Å². The molecule has 2 aromatic rings. The van der Waals surface area contributed by atoms with Gasteiger partial charge in [0.05, 0.1) is 13.2 Å². The number of aliphatic hydroxyl groups excluding tert-OH is 1. The molecule has 132 valence electrons. The Morgan fingerprint density at radius 3 is 2.56 bits per heavy atom. The lowest BCUT2D eigenvalue weighted by Crippen LogP contribution is -2.33. The fourth-order valence-corrected chi connectivity index (χ4v) is 3.35. The number of halogens is 1. The number of ether oxygens (including phenoxy) is 1. The lowest BCUT2D eigenvalue weighted by molar-refractivity contribution is 0.159. The van der Waals surface area contributed by atoms with Gasteiger partial charge in [-0.3, -0.25) is 0 Å². The molecule has 1 aliphatic heterocycles. The van der Waals surface area contributed by atoms with Crippen molar-refractivity contribution in [2.45, 2.75) is 31.4 Å². The van der Waals surface area contributed by atoms with Gasteiger partial charge in [0.15, 0.2) is 0 Å². The molecule has 2 unspecified atom stereocenters. The second kappa shape index (κ2) is 8.52. The molecule has 1 heterocycles. The topological polar surface area (TPSA) is 41.5 Å². The maximum Gasteiger partial charge on any atom is 0.118 e. The first-order chi connectivity index (χ1) is 12.2. The fourth-order valence-electron chi connectivity index (χ4n) is 3.23. The normalized spacial score (nSPS) is 18.5. The van der Waals surface area contributed by atoms with Crippen molar-refractivity contribution in [2.75, 3.05) is 13.7 Å². The average Bonchev–Trinajstić information content (AvgIpc) is 2.67. The first kappa shape index (κ1) is 18.0. The van der Waals surface area contributed by atoms with E-state index in [1.807, 2.05) is 36.4 Å². The van der Waals surface area contributed by atoms with Crippen LogP contribution in [0.25, 0.3) is 5.57 Å². The zero-order valence-electron chi connectivity index (χ0n) is 14.4. The van der Waals surface area contributed by atoms with Gasteiger partial charge in [0.25, 0.3) is 0 Å². The Bertz CT molecular complexity index is 710. The van der Waals surface area contributed by atoms with Gasteiger partial charge in [0.1, 0.15) is 5.75 Å². The summed E-state index contributed by atoms with van der Waals surface area (Å²) in [6, 6.07) is 16.0. The number of methoxy groups -OCH3 is 1. The molecular weight excluding hydrogens is 334 g/mol. The molecule has 0 fully saturated rings. The average molecular weight is 358 g/mol. The number of nitrogens with one attached hydrogen (secondary N) is 1. The van der Waals surface area contributed by atoms with Gasteiger partial charge in [-0.2, -0.15) is 0 Å². The minimum atomic E-state index is -0.447. The minimum Gasteiger partial charge on any atom is -0.497 e. The maximum absolute atomic E-state index is 10.4. The van der Waals surface area contributed by atoms with Crippen LogP contribution in [0.1, 0.15) is 36.5 Å². The number of benzene rings is 2. The highest BCUT2D eigenvalue weighted by Crippen LogP contribution is 2.28. The molecule has 0 spiro atoms. The molecule has 2 atom stereocenters. The quantitative estimate of drug-likeness (QED) is 0.793. The van der Waals surface area contributed by atoms with E-state index in [1.165, 1.54) is 11.1 Å². The van der Waals surface area contributed by atoms with E-state index in [1.54, 1.807) is 7.11 Å². The molecule has 0 bridgehead atoms. The standard InChI is InChI=1S/C21H24ClNO2/c1-25-20-9-4-16(5-10-20)21(24)11-8-19-14-17(12-13-23-19)15-2-6-18(22)7-3-15/h2-7,9-10,12,19,21,23-24H,8,11,13-14H2,1H3. The van der Waals surface area contributed by atoms with E-state index in [-0.39, 0.29) is 0 Å². The molecule has 0 saturated carbocycles. The van der Waals surface area contributed by atoms with Gasteiger partial charge in [-0.25, -0.2) is 0 Å². The van der Waals surface area contributed by atoms with Gasteiger partial charge >= 0.3 is 0 Å². The van der Waals surface area contributed by atoms with E-state index >= 15 is 0 Å². The van der Waals surface area contributed by atoms with Crippen LogP contribution in [0, 0.1) is 0 Å². The lowest BCUT2D eigenvalue weighted by Gasteiger charge is -2.25. The van der Waals surface area contributed by atoms with Crippen LogP contribution in [0.2, 0.25) is 5.02 Å². The van der Waals surface area contributed by atoms with Crippen LogP contribution in [0.15, 0.2) is 54.6 Å². The van der Waals surface area contributed by atoms with Gasteiger partial charge < -0.3 is 15.2 Å². The summed E-state index contributed by atoms with van der Waals surface area (Å²) < 4.78 is 5.16. The highest BCUT2D eigenvalue weighted by Gasteiger charge is 2.18. The van der Waals surface area contributed by atoms with Crippen molar-refractivity contribution in [1.29, 1.82) is 0 Å². The maximum atomic E-state index is 10.4. The minimum absolute atomic E-state index is 0.378. The molecule has 0 saturated heterocycles.